The molecule has 0 bridgehead atoms. The van der Waals surface area contributed by atoms with Crippen molar-refractivity contribution in [3.8, 4) is 0 Å². The molecule has 0 aliphatic rings. The van der Waals surface area contributed by atoms with Gasteiger partial charge >= 0.3 is 17.9 Å². The Bertz CT molecular complexity index is 1370. The van der Waals surface area contributed by atoms with Gasteiger partial charge in [0.05, 0.1) is 0 Å². The van der Waals surface area contributed by atoms with Crippen LogP contribution < -0.4 is 0 Å². The third-order valence-corrected chi connectivity index (χ3v) is 12.9. The molecule has 0 aliphatic carbocycles. The Morgan fingerprint density at radius 1 is 0.296 bits per heavy atom. The van der Waals surface area contributed by atoms with Crippen molar-refractivity contribution < 1.29 is 28.6 Å². The quantitative estimate of drug-likeness (QED) is 0.0261. The highest BCUT2D eigenvalue weighted by molar-refractivity contribution is 5.71. The first-order chi connectivity index (χ1) is 35.0. The zero-order valence-electron chi connectivity index (χ0n) is 46.7. The first-order valence-corrected chi connectivity index (χ1v) is 30.1. The number of carbonyl (C=O) groups is 3. The van der Waals surface area contributed by atoms with Crippen LogP contribution in [0, 0.1) is 0 Å². The van der Waals surface area contributed by atoms with Crippen LogP contribution in [0.3, 0.4) is 0 Å². The van der Waals surface area contributed by atoms with E-state index in [0.717, 1.165) is 83.5 Å². The molecular weight excluding hydrogens is 877 g/mol. The summed E-state index contributed by atoms with van der Waals surface area (Å²) >= 11 is 0. The van der Waals surface area contributed by atoms with Gasteiger partial charge in [0.2, 0.25) is 0 Å². The standard InChI is InChI=1S/C65H112O6/c1-4-7-10-13-16-19-22-25-28-30-31-32-33-35-37-40-43-46-49-52-55-58-64(67)70-61-62(60-69-63(66)57-54-51-48-45-42-39-36-27-24-21-18-15-12-9-6-3)71-65(68)59-56-53-50-47-44-41-38-34-29-26-23-20-17-14-11-8-5-2/h9,12,18,21,26-27,29,36,38,41-42,45,47,50,62H,4-8,10-11,13-17,19-20,22-25,28,30-35,37,39-40,43-44,46,48-49,51-61H2,1-3H3/b12-9-,21-18-,29-26-,36-27-,41-38-,45-42-,50-47-/t62-/m1/s1. The van der Waals surface area contributed by atoms with Crippen LogP contribution in [-0.2, 0) is 28.6 Å². The summed E-state index contributed by atoms with van der Waals surface area (Å²) in [6.07, 6.45) is 77.4. The van der Waals surface area contributed by atoms with Crippen molar-refractivity contribution in [1.29, 1.82) is 0 Å². The number of esters is 3. The lowest BCUT2D eigenvalue weighted by Gasteiger charge is -2.18. The van der Waals surface area contributed by atoms with Gasteiger partial charge in [0.15, 0.2) is 6.10 Å². The Morgan fingerprint density at radius 3 is 0.930 bits per heavy atom. The summed E-state index contributed by atoms with van der Waals surface area (Å²) < 4.78 is 16.8. The molecule has 0 saturated heterocycles. The van der Waals surface area contributed by atoms with Gasteiger partial charge in [-0.2, -0.15) is 0 Å². The highest BCUT2D eigenvalue weighted by Crippen LogP contribution is 2.16. The second-order valence-corrected chi connectivity index (χ2v) is 19.9. The molecule has 0 amide bonds. The molecule has 0 spiro atoms. The highest BCUT2D eigenvalue weighted by atomic mass is 16.6. The lowest BCUT2D eigenvalue weighted by atomic mass is 10.0. The van der Waals surface area contributed by atoms with E-state index in [1.165, 1.54) is 161 Å². The zero-order chi connectivity index (χ0) is 51.4. The molecule has 0 fully saturated rings. The topological polar surface area (TPSA) is 78.9 Å². The van der Waals surface area contributed by atoms with Crippen LogP contribution in [0.15, 0.2) is 85.1 Å². The van der Waals surface area contributed by atoms with E-state index in [1.807, 2.05) is 0 Å². The maximum absolute atomic E-state index is 12.8. The van der Waals surface area contributed by atoms with Gasteiger partial charge in [-0.3, -0.25) is 14.4 Å². The van der Waals surface area contributed by atoms with Crippen molar-refractivity contribution in [2.75, 3.05) is 13.2 Å². The summed E-state index contributed by atoms with van der Waals surface area (Å²) in [5, 5.41) is 0. The van der Waals surface area contributed by atoms with Gasteiger partial charge < -0.3 is 14.2 Å². The molecule has 0 unspecified atom stereocenters. The molecule has 1 atom stereocenters. The van der Waals surface area contributed by atoms with Crippen molar-refractivity contribution in [3.05, 3.63) is 85.1 Å². The monoisotopic (exact) mass is 989 g/mol. The minimum absolute atomic E-state index is 0.108. The predicted octanol–water partition coefficient (Wildman–Crippen LogP) is 20.3. The van der Waals surface area contributed by atoms with Crippen LogP contribution in [-0.4, -0.2) is 37.2 Å². The van der Waals surface area contributed by atoms with Gasteiger partial charge in [-0.05, 0) is 89.9 Å². The molecule has 6 nitrogen and oxygen atoms in total. The normalized spacial score (nSPS) is 12.7. The summed E-state index contributed by atoms with van der Waals surface area (Å²) in [6.45, 7) is 6.47. The molecule has 0 aromatic rings. The molecule has 0 saturated carbocycles. The molecule has 0 aromatic heterocycles. The minimum atomic E-state index is -0.819. The fourth-order valence-electron chi connectivity index (χ4n) is 8.39. The van der Waals surface area contributed by atoms with E-state index in [9.17, 15) is 14.4 Å². The summed E-state index contributed by atoms with van der Waals surface area (Å²) in [6, 6.07) is 0. The lowest BCUT2D eigenvalue weighted by molar-refractivity contribution is -0.167. The second-order valence-electron chi connectivity index (χ2n) is 19.9. The molecule has 71 heavy (non-hydrogen) atoms. The molecule has 0 rings (SSSR count). The Labute approximate surface area is 439 Å². The smallest absolute Gasteiger partial charge is 0.306 e. The van der Waals surface area contributed by atoms with E-state index in [0.29, 0.717) is 19.3 Å². The van der Waals surface area contributed by atoms with Gasteiger partial charge in [0.25, 0.3) is 0 Å². The van der Waals surface area contributed by atoms with Crippen LogP contribution in [0.5, 0.6) is 0 Å². The van der Waals surface area contributed by atoms with E-state index in [2.05, 4.69) is 106 Å². The molecule has 0 N–H and O–H groups in total. The number of hydrogen-bond acceptors (Lipinski definition) is 6. The number of hydrogen-bond donors (Lipinski definition) is 0. The van der Waals surface area contributed by atoms with E-state index < -0.39 is 6.10 Å². The number of ether oxygens (including phenoxy) is 3. The number of unbranched alkanes of at least 4 members (excludes halogenated alkanes) is 29. The first-order valence-electron chi connectivity index (χ1n) is 30.1. The Kier molecular flexibility index (Phi) is 56.3. The summed E-state index contributed by atoms with van der Waals surface area (Å²) in [5.41, 5.74) is 0. The molecular formula is C65H112O6. The number of allylic oxidation sites excluding steroid dienone is 14. The summed E-state index contributed by atoms with van der Waals surface area (Å²) in [4.78, 5) is 38.2. The fraction of sp³-hybridized carbons (Fsp3) is 0.738. The third-order valence-electron chi connectivity index (χ3n) is 12.9. The maximum atomic E-state index is 12.8. The van der Waals surface area contributed by atoms with Crippen LogP contribution in [0.2, 0.25) is 0 Å². The Hall–Kier alpha value is -3.41. The average molecular weight is 990 g/mol. The predicted molar refractivity (Wildman–Crippen MR) is 307 cm³/mol. The SMILES string of the molecule is CC/C=C\C/C=C\C/C=C\C/C=C\CCCCC(=O)OC[C@H](COC(=O)CCCCCCCCCCCCCCCCCCCCCCC)OC(=O)CCC/C=C\C/C=C\C/C=C\CCCCCCCC. The van der Waals surface area contributed by atoms with Crippen LogP contribution in [0.25, 0.3) is 0 Å². The number of rotatable bonds is 54. The minimum Gasteiger partial charge on any atom is -0.462 e. The molecule has 6 heteroatoms. The first kappa shape index (κ1) is 67.6. The van der Waals surface area contributed by atoms with E-state index in [4.69, 9.17) is 14.2 Å². The fourth-order valence-corrected chi connectivity index (χ4v) is 8.39. The second kappa shape index (κ2) is 59.2. The molecule has 0 heterocycles. The molecule has 0 aromatic carbocycles. The van der Waals surface area contributed by atoms with E-state index >= 15 is 0 Å². The zero-order valence-corrected chi connectivity index (χ0v) is 46.7. The lowest BCUT2D eigenvalue weighted by Crippen LogP contribution is -2.30. The van der Waals surface area contributed by atoms with Gasteiger partial charge in [-0.1, -0.05) is 266 Å². The van der Waals surface area contributed by atoms with Gasteiger partial charge in [-0.15, -0.1) is 0 Å². The van der Waals surface area contributed by atoms with Crippen molar-refractivity contribution in [2.45, 2.75) is 297 Å². The maximum Gasteiger partial charge on any atom is 0.306 e. The summed E-state index contributed by atoms with van der Waals surface area (Å²) in [7, 11) is 0. The van der Waals surface area contributed by atoms with Gasteiger partial charge in [-0.25, -0.2) is 0 Å². The number of carbonyl (C=O) groups excluding carboxylic acids is 3. The third kappa shape index (κ3) is 57.4. The van der Waals surface area contributed by atoms with Crippen LogP contribution in [0.4, 0.5) is 0 Å². The Balaban J connectivity index is 4.44. The van der Waals surface area contributed by atoms with E-state index in [1.54, 1.807) is 0 Å². The van der Waals surface area contributed by atoms with E-state index in [-0.39, 0.29) is 37.5 Å². The van der Waals surface area contributed by atoms with Gasteiger partial charge in [0, 0.05) is 19.3 Å². The van der Waals surface area contributed by atoms with Crippen LogP contribution in [0.1, 0.15) is 290 Å². The van der Waals surface area contributed by atoms with Gasteiger partial charge in [0.1, 0.15) is 13.2 Å². The largest absolute Gasteiger partial charge is 0.462 e. The highest BCUT2D eigenvalue weighted by Gasteiger charge is 2.19. The molecule has 0 aliphatic heterocycles. The molecule has 408 valence electrons. The Morgan fingerprint density at radius 2 is 0.563 bits per heavy atom. The average Bonchev–Trinajstić information content (AvgIpc) is 3.37. The van der Waals surface area contributed by atoms with Crippen LogP contribution >= 0.6 is 0 Å². The van der Waals surface area contributed by atoms with Crippen molar-refractivity contribution in [1.82, 2.24) is 0 Å². The summed E-state index contributed by atoms with van der Waals surface area (Å²) in [5.74, 6) is -0.995. The van der Waals surface area contributed by atoms with Crippen molar-refractivity contribution in [2.24, 2.45) is 0 Å². The van der Waals surface area contributed by atoms with Crippen molar-refractivity contribution >= 4 is 17.9 Å². The molecule has 0 radical (unpaired) electrons. The van der Waals surface area contributed by atoms with Crippen molar-refractivity contribution in [3.63, 3.8) is 0 Å².